The number of hydrogen-bond donors (Lipinski definition) is 2. The minimum Gasteiger partial charge on any atom is -0.493 e. The second kappa shape index (κ2) is 10.00. The van der Waals surface area contributed by atoms with E-state index in [1.807, 2.05) is 37.5 Å². The molecular formula is C24H28N4O4. The fourth-order valence-electron chi connectivity index (χ4n) is 3.37. The summed E-state index contributed by atoms with van der Waals surface area (Å²) in [5.74, 6) is 0.107. The first-order chi connectivity index (χ1) is 15.3. The highest BCUT2D eigenvalue weighted by Gasteiger charge is 2.19. The number of imidazole rings is 1. The lowest BCUT2D eigenvalue weighted by atomic mass is 10.1. The Hall–Kier alpha value is -3.81. The Bertz CT molecular complexity index is 1140. The number of aromatic nitrogens is 2. The van der Waals surface area contributed by atoms with Gasteiger partial charge in [-0.25, -0.2) is 4.98 Å². The van der Waals surface area contributed by atoms with Crippen LogP contribution in [0, 0.1) is 20.8 Å². The smallest absolute Gasteiger partial charge is 0.256 e. The molecule has 168 valence electrons. The van der Waals surface area contributed by atoms with Crippen molar-refractivity contribution in [2.75, 3.05) is 26.1 Å². The van der Waals surface area contributed by atoms with Crippen LogP contribution in [0.4, 0.5) is 5.69 Å². The quantitative estimate of drug-likeness (QED) is 0.564. The monoisotopic (exact) mass is 436 g/mol. The second-order valence-corrected chi connectivity index (χ2v) is 7.39. The zero-order chi connectivity index (χ0) is 23.3. The lowest BCUT2D eigenvalue weighted by Crippen LogP contribution is -2.27. The van der Waals surface area contributed by atoms with Gasteiger partial charge in [-0.05, 0) is 44.5 Å². The summed E-state index contributed by atoms with van der Waals surface area (Å²) in [5.41, 5.74) is 4.11. The number of nitrogens with one attached hydrogen (secondary N) is 2. The summed E-state index contributed by atoms with van der Waals surface area (Å²) < 4.78 is 12.8. The zero-order valence-corrected chi connectivity index (χ0v) is 19.0. The summed E-state index contributed by atoms with van der Waals surface area (Å²) in [5, 5.41) is 5.74. The van der Waals surface area contributed by atoms with E-state index in [2.05, 4.69) is 15.6 Å². The summed E-state index contributed by atoms with van der Waals surface area (Å²) >= 11 is 0. The van der Waals surface area contributed by atoms with Crippen LogP contribution in [-0.4, -0.2) is 42.1 Å². The average Bonchev–Trinajstić information content (AvgIpc) is 3.10. The Kier molecular flexibility index (Phi) is 7.14. The first-order valence-electron chi connectivity index (χ1n) is 10.2. The summed E-state index contributed by atoms with van der Waals surface area (Å²) in [4.78, 5) is 29.9. The Morgan fingerprint density at radius 1 is 1.03 bits per heavy atom. The number of carbonyl (C=O) groups excluding carboxylic acids is 2. The molecule has 2 amide bonds. The largest absolute Gasteiger partial charge is 0.493 e. The SMILES string of the molecule is COc1cc(C(=O)NCCn2cnc(C)c2C)cc(NC(=O)c2ccccc2C)c1OC. The fourth-order valence-corrected chi connectivity index (χ4v) is 3.37. The highest BCUT2D eigenvalue weighted by molar-refractivity contribution is 6.07. The molecule has 0 aliphatic rings. The number of benzene rings is 2. The van der Waals surface area contributed by atoms with Gasteiger partial charge in [0.2, 0.25) is 0 Å². The predicted molar refractivity (Wildman–Crippen MR) is 123 cm³/mol. The van der Waals surface area contributed by atoms with Crippen LogP contribution in [-0.2, 0) is 6.54 Å². The molecule has 1 aromatic heterocycles. The van der Waals surface area contributed by atoms with Crippen LogP contribution in [0.5, 0.6) is 11.5 Å². The van der Waals surface area contributed by atoms with E-state index in [0.717, 1.165) is 17.0 Å². The van der Waals surface area contributed by atoms with Crippen molar-refractivity contribution in [3.05, 3.63) is 70.8 Å². The van der Waals surface area contributed by atoms with Gasteiger partial charge < -0.3 is 24.7 Å². The molecule has 0 aliphatic carbocycles. The predicted octanol–water partition coefficient (Wildman–Crippen LogP) is 3.51. The van der Waals surface area contributed by atoms with E-state index in [4.69, 9.17) is 9.47 Å². The molecule has 8 heteroatoms. The maximum Gasteiger partial charge on any atom is 0.256 e. The summed E-state index contributed by atoms with van der Waals surface area (Å²) in [6.45, 7) is 6.82. The lowest BCUT2D eigenvalue weighted by Gasteiger charge is -2.16. The molecule has 32 heavy (non-hydrogen) atoms. The second-order valence-electron chi connectivity index (χ2n) is 7.39. The van der Waals surface area contributed by atoms with Crippen molar-refractivity contribution in [2.45, 2.75) is 27.3 Å². The third-order valence-corrected chi connectivity index (χ3v) is 5.36. The van der Waals surface area contributed by atoms with Gasteiger partial charge in [-0.2, -0.15) is 0 Å². The molecule has 0 bridgehead atoms. The maximum absolute atomic E-state index is 12.8. The van der Waals surface area contributed by atoms with Gasteiger partial charge in [-0.1, -0.05) is 18.2 Å². The molecule has 0 radical (unpaired) electrons. The first kappa shape index (κ1) is 22.9. The molecule has 0 saturated heterocycles. The highest BCUT2D eigenvalue weighted by atomic mass is 16.5. The van der Waals surface area contributed by atoms with Crippen molar-refractivity contribution in [2.24, 2.45) is 0 Å². The molecule has 2 aromatic carbocycles. The van der Waals surface area contributed by atoms with Crippen molar-refractivity contribution < 1.29 is 19.1 Å². The topological polar surface area (TPSA) is 94.5 Å². The zero-order valence-electron chi connectivity index (χ0n) is 19.0. The van der Waals surface area contributed by atoms with Crippen LogP contribution in [0.3, 0.4) is 0 Å². The summed E-state index contributed by atoms with van der Waals surface area (Å²) in [6, 6.07) is 10.4. The number of hydrogen-bond acceptors (Lipinski definition) is 5. The molecule has 3 aromatic rings. The van der Waals surface area contributed by atoms with Gasteiger partial charge in [0.1, 0.15) is 0 Å². The van der Waals surface area contributed by atoms with E-state index in [-0.39, 0.29) is 11.8 Å². The average molecular weight is 437 g/mol. The van der Waals surface area contributed by atoms with Gasteiger partial charge in [-0.15, -0.1) is 0 Å². The molecule has 0 fully saturated rings. The molecule has 2 N–H and O–H groups in total. The van der Waals surface area contributed by atoms with Crippen molar-refractivity contribution in [3.8, 4) is 11.5 Å². The van der Waals surface area contributed by atoms with E-state index in [9.17, 15) is 9.59 Å². The van der Waals surface area contributed by atoms with E-state index in [1.54, 1.807) is 30.6 Å². The van der Waals surface area contributed by atoms with Crippen LogP contribution in [0.25, 0.3) is 0 Å². The Morgan fingerprint density at radius 2 is 1.78 bits per heavy atom. The lowest BCUT2D eigenvalue weighted by molar-refractivity contribution is 0.0950. The van der Waals surface area contributed by atoms with Crippen LogP contribution in [0.1, 0.15) is 37.7 Å². The van der Waals surface area contributed by atoms with Crippen molar-refractivity contribution in [1.29, 1.82) is 0 Å². The molecular weight excluding hydrogens is 408 g/mol. The number of anilines is 1. The Balaban J connectivity index is 1.80. The Morgan fingerprint density at radius 3 is 2.41 bits per heavy atom. The van der Waals surface area contributed by atoms with Gasteiger partial charge in [0.15, 0.2) is 11.5 Å². The highest BCUT2D eigenvalue weighted by Crippen LogP contribution is 2.37. The third kappa shape index (κ3) is 4.91. The normalized spacial score (nSPS) is 10.5. The maximum atomic E-state index is 12.8. The van der Waals surface area contributed by atoms with Gasteiger partial charge in [-0.3, -0.25) is 9.59 Å². The van der Waals surface area contributed by atoms with Crippen molar-refractivity contribution >= 4 is 17.5 Å². The molecule has 0 unspecified atom stereocenters. The number of amides is 2. The van der Waals surface area contributed by atoms with Crippen LogP contribution in [0.2, 0.25) is 0 Å². The molecule has 0 saturated carbocycles. The van der Waals surface area contributed by atoms with Gasteiger partial charge >= 0.3 is 0 Å². The van der Waals surface area contributed by atoms with Gasteiger partial charge in [0.25, 0.3) is 11.8 Å². The van der Waals surface area contributed by atoms with Crippen LogP contribution in [0.15, 0.2) is 42.7 Å². The number of methoxy groups -OCH3 is 2. The number of nitrogens with zero attached hydrogens (tertiary/aromatic N) is 2. The van der Waals surface area contributed by atoms with E-state index >= 15 is 0 Å². The minimum atomic E-state index is -0.299. The number of rotatable bonds is 8. The molecule has 0 aliphatic heterocycles. The van der Waals surface area contributed by atoms with Crippen molar-refractivity contribution in [3.63, 3.8) is 0 Å². The molecule has 1 heterocycles. The van der Waals surface area contributed by atoms with E-state index < -0.39 is 0 Å². The fraction of sp³-hybridized carbons (Fsp3) is 0.292. The van der Waals surface area contributed by atoms with Crippen LogP contribution < -0.4 is 20.1 Å². The standard InChI is InChI=1S/C24H28N4O4/c1-15-8-6-7-9-19(15)24(30)27-20-12-18(13-21(31-4)22(20)32-5)23(29)25-10-11-28-14-26-16(2)17(28)3/h6-9,12-14H,10-11H2,1-5H3,(H,25,29)(H,27,30). The third-order valence-electron chi connectivity index (χ3n) is 5.36. The van der Waals surface area contributed by atoms with Crippen molar-refractivity contribution in [1.82, 2.24) is 14.9 Å². The number of ether oxygens (including phenoxy) is 2. The number of carbonyl (C=O) groups is 2. The van der Waals surface area contributed by atoms with Gasteiger partial charge in [0.05, 0.1) is 31.9 Å². The van der Waals surface area contributed by atoms with E-state index in [0.29, 0.717) is 41.4 Å². The first-order valence-corrected chi connectivity index (χ1v) is 10.2. The molecule has 8 nitrogen and oxygen atoms in total. The molecule has 3 rings (SSSR count). The summed E-state index contributed by atoms with van der Waals surface area (Å²) in [6.07, 6.45) is 1.76. The number of aryl methyl sites for hydroxylation is 2. The molecule has 0 atom stereocenters. The Labute approximate surface area is 187 Å². The van der Waals surface area contributed by atoms with E-state index in [1.165, 1.54) is 14.2 Å². The van der Waals surface area contributed by atoms with Crippen LogP contribution >= 0.6 is 0 Å². The minimum absolute atomic E-state index is 0.285. The summed E-state index contributed by atoms with van der Waals surface area (Å²) in [7, 11) is 2.97. The van der Waals surface area contributed by atoms with Gasteiger partial charge in [0, 0.05) is 29.9 Å². The molecule has 0 spiro atoms.